The van der Waals surface area contributed by atoms with Crippen LogP contribution in [-0.2, 0) is 23.5 Å². The van der Waals surface area contributed by atoms with Gasteiger partial charge in [0.15, 0.2) is 0 Å². The van der Waals surface area contributed by atoms with Crippen LogP contribution in [0.2, 0.25) is 0 Å². The third-order valence-electron chi connectivity index (χ3n) is 3.40. The molecule has 0 atom stereocenters. The van der Waals surface area contributed by atoms with E-state index in [1.165, 1.54) is 48.5 Å². The molecule has 0 bridgehead atoms. The van der Waals surface area contributed by atoms with E-state index >= 15 is 0 Å². The van der Waals surface area contributed by atoms with E-state index in [4.69, 9.17) is 0 Å². The summed E-state index contributed by atoms with van der Waals surface area (Å²) in [4.78, 5) is -0.484. The summed E-state index contributed by atoms with van der Waals surface area (Å²) < 4.78 is 65.4. The molecule has 24 heavy (non-hydrogen) atoms. The predicted octanol–water partition coefficient (Wildman–Crippen LogP) is 3.78. The molecular formula is C16H19O5PS2. The molecule has 2 aromatic carbocycles. The van der Waals surface area contributed by atoms with E-state index in [0.29, 0.717) is 0 Å². The minimum atomic E-state index is -4.68. The molecule has 2 rings (SSSR count). The maximum absolute atomic E-state index is 13.5. The Morgan fingerprint density at radius 1 is 0.750 bits per heavy atom. The maximum Gasteiger partial charge on any atom is 0.313 e. The molecule has 0 aliphatic rings. The molecule has 130 valence electrons. The van der Waals surface area contributed by atoms with Crippen LogP contribution in [0.25, 0.3) is 0 Å². The van der Waals surface area contributed by atoms with Gasteiger partial charge >= 0.3 is 5.55 Å². The number of hydrogen-bond donors (Lipinski definition) is 0. The van der Waals surface area contributed by atoms with Crippen LogP contribution >= 0.6 is 5.55 Å². The molecule has 2 aromatic rings. The summed E-state index contributed by atoms with van der Waals surface area (Å²) in [6.45, 7) is 3.29. The zero-order valence-electron chi connectivity index (χ0n) is 13.4. The van der Waals surface area contributed by atoms with E-state index < -0.39 is 30.6 Å². The second-order valence-electron chi connectivity index (χ2n) is 5.76. The Hall–Kier alpha value is -1.43. The van der Waals surface area contributed by atoms with E-state index in [9.17, 15) is 21.4 Å². The highest BCUT2D eigenvalue weighted by Gasteiger charge is 2.51. The lowest BCUT2D eigenvalue weighted by molar-refractivity contribution is 0.562. The van der Waals surface area contributed by atoms with Crippen molar-refractivity contribution in [3.8, 4) is 0 Å². The molecule has 0 aliphatic carbocycles. The van der Waals surface area contributed by atoms with Crippen molar-refractivity contribution >= 4 is 24.5 Å². The van der Waals surface area contributed by atoms with Crippen LogP contribution in [0.15, 0.2) is 70.5 Å². The average molecular weight is 386 g/mol. The first-order chi connectivity index (χ1) is 11.1. The lowest BCUT2D eigenvalue weighted by atomic mass is 10.3. The second kappa shape index (κ2) is 6.82. The monoisotopic (exact) mass is 386 g/mol. The fraction of sp³-hybridized carbons (Fsp3) is 0.250. The largest absolute Gasteiger partial charge is 0.313 e. The van der Waals surface area contributed by atoms with Crippen LogP contribution in [-0.4, -0.2) is 23.0 Å². The standard InChI is InChI=1S/C16H19O5PS2/c1-14(2)13-22(17,23(18,19)15-9-5-3-6-10-15)24(20,21)16-11-7-4-8-12-16/h3-12,14H,13H2,1-2H3. The molecular weight excluding hydrogens is 367 g/mol. The molecule has 0 heterocycles. The Kier molecular flexibility index (Phi) is 5.37. The van der Waals surface area contributed by atoms with Crippen molar-refractivity contribution in [1.29, 1.82) is 0 Å². The molecule has 5 nitrogen and oxygen atoms in total. The summed E-state index contributed by atoms with van der Waals surface area (Å²) in [7, 11) is -9.07. The number of benzene rings is 2. The van der Waals surface area contributed by atoms with Crippen LogP contribution in [0.1, 0.15) is 13.8 Å². The van der Waals surface area contributed by atoms with Crippen LogP contribution in [0.4, 0.5) is 0 Å². The van der Waals surface area contributed by atoms with Crippen molar-refractivity contribution in [1.82, 2.24) is 0 Å². The summed E-state index contributed by atoms with van der Waals surface area (Å²) in [5.41, 5.74) is -4.68. The van der Waals surface area contributed by atoms with Gasteiger partial charge in [-0.3, -0.25) is 4.57 Å². The van der Waals surface area contributed by atoms with Crippen molar-refractivity contribution < 1.29 is 21.4 Å². The zero-order valence-corrected chi connectivity index (χ0v) is 15.9. The first-order valence-electron chi connectivity index (χ1n) is 7.32. The van der Waals surface area contributed by atoms with E-state index in [0.717, 1.165) is 0 Å². The van der Waals surface area contributed by atoms with E-state index in [2.05, 4.69) is 0 Å². The van der Waals surface area contributed by atoms with Crippen LogP contribution in [0.3, 0.4) is 0 Å². The van der Waals surface area contributed by atoms with Gasteiger partial charge in [0, 0.05) is 6.16 Å². The SMILES string of the molecule is CC(C)CP(=O)(S(=O)(=O)c1ccccc1)S(=O)(=O)c1ccccc1. The molecule has 0 fully saturated rings. The average Bonchev–Trinajstić information content (AvgIpc) is 2.55. The Morgan fingerprint density at radius 3 is 1.38 bits per heavy atom. The van der Waals surface area contributed by atoms with E-state index in [1.807, 2.05) is 0 Å². The van der Waals surface area contributed by atoms with Gasteiger partial charge in [-0.1, -0.05) is 50.2 Å². The molecule has 0 aromatic heterocycles. The summed E-state index contributed by atoms with van der Waals surface area (Å²) in [5.74, 6) is -0.368. The fourth-order valence-corrected chi connectivity index (χ4v) is 15.7. The summed E-state index contributed by atoms with van der Waals surface area (Å²) in [6.07, 6.45) is -0.429. The van der Waals surface area contributed by atoms with Gasteiger partial charge in [0.05, 0.1) is 9.79 Å². The Balaban J connectivity index is 2.75. The first kappa shape index (κ1) is 18.9. The van der Waals surface area contributed by atoms with Gasteiger partial charge < -0.3 is 0 Å². The van der Waals surface area contributed by atoms with Gasteiger partial charge in [-0.05, 0) is 30.2 Å². The Morgan fingerprint density at radius 2 is 1.08 bits per heavy atom. The van der Waals surface area contributed by atoms with Gasteiger partial charge in [0.25, 0.3) is 0 Å². The minimum Gasteiger partial charge on any atom is -0.289 e. The van der Waals surface area contributed by atoms with E-state index in [-0.39, 0.29) is 15.7 Å². The van der Waals surface area contributed by atoms with Crippen molar-refractivity contribution in [2.45, 2.75) is 23.6 Å². The van der Waals surface area contributed by atoms with Gasteiger partial charge in [-0.15, -0.1) is 0 Å². The summed E-state index contributed by atoms with van der Waals surface area (Å²) in [6, 6.07) is 14.2. The van der Waals surface area contributed by atoms with Crippen molar-refractivity contribution in [3.63, 3.8) is 0 Å². The zero-order chi connectivity index (χ0) is 18.0. The lowest BCUT2D eigenvalue weighted by Crippen LogP contribution is -2.17. The Bertz CT molecular complexity index is 877. The fourth-order valence-electron chi connectivity index (χ4n) is 2.28. The lowest BCUT2D eigenvalue weighted by Gasteiger charge is -2.20. The Labute approximate surface area is 142 Å². The third kappa shape index (κ3) is 3.21. The molecule has 8 heteroatoms. The smallest absolute Gasteiger partial charge is 0.289 e. The summed E-state index contributed by atoms with van der Waals surface area (Å²) in [5, 5.41) is 0. The van der Waals surface area contributed by atoms with Gasteiger partial charge in [0.2, 0.25) is 18.9 Å². The summed E-state index contributed by atoms with van der Waals surface area (Å²) >= 11 is 0. The van der Waals surface area contributed by atoms with Gasteiger partial charge in [-0.2, -0.15) is 0 Å². The van der Waals surface area contributed by atoms with Gasteiger partial charge in [-0.25, -0.2) is 16.8 Å². The van der Waals surface area contributed by atoms with Crippen molar-refractivity contribution in [2.75, 3.05) is 6.16 Å². The van der Waals surface area contributed by atoms with Crippen molar-refractivity contribution in [3.05, 3.63) is 60.7 Å². The maximum atomic E-state index is 13.5. The van der Waals surface area contributed by atoms with Crippen LogP contribution in [0, 0.1) is 5.92 Å². The van der Waals surface area contributed by atoms with E-state index in [1.54, 1.807) is 26.0 Å². The highest BCUT2D eigenvalue weighted by Crippen LogP contribution is 2.64. The first-order valence-corrected chi connectivity index (χ1v) is 13.4. The topological polar surface area (TPSA) is 85.3 Å². The third-order valence-corrected chi connectivity index (χ3v) is 17.9. The molecule has 0 aliphatic heterocycles. The highest BCUT2D eigenvalue weighted by atomic mass is 33.1. The second-order valence-corrected chi connectivity index (χ2v) is 17.3. The molecule has 0 saturated carbocycles. The molecule has 0 radical (unpaired) electrons. The van der Waals surface area contributed by atoms with Crippen molar-refractivity contribution in [2.24, 2.45) is 5.92 Å². The molecule has 0 spiro atoms. The van der Waals surface area contributed by atoms with Crippen LogP contribution in [0.5, 0.6) is 0 Å². The normalized spacial score (nSPS) is 13.1. The molecule has 0 saturated heterocycles. The quantitative estimate of drug-likeness (QED) is 0.705. The molecule has 0 unspecified atom stereocenters. The van der Waals surface area contributed by atoms with Gasteiger partial charge in [0.1, 0.15) is 0 Å². The number of hydrogen-bond acceptors (Lipinski definition) is 5. The van der Waals surface area contributed by atoms with Crippen LogP contribution < -0.4 is 0 Å². The predicted molar refractivity (Wildman–Crippen MR) is 94.6 cm³/mol. The molecule has 0 amide bonds. The minimum absolute atomic E-state index is 0.242. The number of rotatable bonds is 6. The highest BCUT2D eigenvalue weighted by molar-refractivity contribution is 8.84. The molecule has 0 N–H and O–H groups in total.